The molecule has 1 fully saturated rings. The van der Waals surface area contributed by atoms with Crippen LogP contribution in [0.3, 0.4) is 0 Å². The minimum Gasteiger partial charge on any atom is -0.497 e. The highest BCUT2D eigenvalue weighted by Gasteiger charge is 2.37. The van der Waals surface area contributed by atoms with Crippen LogP contribution >= 0.6 is 0 Å². The molecular formula is C28H28F3N5O3. The van der Waals surface area contributed by atoms with Gasteiger partial charge in [-0.3, -0.25) is 4.79 Å². The standard InChI is InChI=1S/C28H28F3N5O3/c1-38-20-14-18(15-21(17-20)39-2)25-22-8-13-35(12-5-9-32)26(22)27(37)36(33-25)24-16-19(34-10-3-4-11-34)6-7-23(24)28(29,30)31/h6-7,14-17H,3-5,8,10-13H2,1-2H3. The molecule has 2 aliphatic rings. The minimum absolute atomic E-state index is 0.168. The fraction of sp³-hybridized carbons (Fsp3) is 0.393. The fourth-order valence-electron chi connectivity index (χ4n) is 5.32. The largest absolute Gasteiger partial charge is 0.497 e. The Labute approximate surface area is 223 Å². The Morgan fingerprint density at radius 3 is 2.33 bits per heavy atom. The highest BCUT2D eigenvalue weighted by molar-refractivity contribution is 5.75. The zero-order valence-electron chi connectivity index (χ0n) is 21.7. The Morgan fingerprint density at radius 2 is 1.72 bits per heavy atom. The molecule has 0 spiro atoms. The first-order chi connectivity index (χ1) is 18.7. The molecular weight excluding hydrogens is 511 g/mol. The SMILES string of the molecule is COc1cc(OC)cc(-c2nn(-c3cc(N4CCCC4)ccc3C(F)(F)F)c(=O)c3c2CCN3CCC#N)c1. The van der Waals surface area contributed by atoms with E-state index in [1.165, 1.54) is 26.4 Å². The first-order valence-electron chi connectivity index (χ1n) is 12.7. The van der Waals surface area contributed by atoms with Crippen molar-refractivity contribution in [2.75, 3.05) is 50.2 Å². The molecule has 0 N–H and O–H groups in total. The lowest BCUT2D eigenvalue weighted by Crippen LogP contribution is -2.32. The maximum absolute atomic E-state index is 14.3. The number of nitrogens with zero attached hydrogens (tertiary/aromatic N) is 5. The second-order valence-corrected chi connectivity index (χ2v) is 9.53. The number of halogens is 3. The number of hydrogen-bond donors (Lipinski definition) is 0. The molecule has 5 rings (SSSR count). The van der Waals surface area contributed by atoms with E-state index in [2.05, 4.69) is 11.2 Å². The molecule has 3 aromatic rings. The third-order valence-electron chi connectivity index (χ3n) is 7.22. The summed E-state index contributed by atoms with van der Waals surface area (Å²) in [7, 11) is 3.00. The number of fused-ring (bicyclic) bond motifs is 1. The van der Waals surface area contributed by atoms with Gasteiger partial charge < -0.3 is 19.3 Å². The Morgan fingerprint density at radius 1 is 1.03 bits per heavy atom. The summed E-state index contributed by atoms with van der Waals surface area (Å²) >= 11 is 0. The topological polar surface area (TPSA) is 83.6 Å². The van der Waals surface area contributed by atoms with Crippen LogP contribution in [0.5, 0.6) is 11.5 Å². The summed E-state index contributed by atoms with van der Waals surface area (Å²) in [6, 6.07) is 11.1. The molecule has 204 valence electrons. The normalized spacial score (nSPS) is 14.9. The van der Waals surface area contributed by atoms with Gasteiger partial charge >= 0.3 is 6.18 Å². The number of alkyl halides is 3. The lowest BCUT2D eigenvalue weighted by molar-refractivity contribution is -0.137. The van der Waals surface area contributed by atoms with Gasteiger partial charge in [0.15, 0.2) is 0 Å². The van der Waals surface area contributed by atoms with E-state index in [1.54, 1.807) is 23.1 Å². The van der Waals surface area contributed by atoms with Crippen LogP contribution in [0.1, 0.15) is 30.4 Å². The average Bonchev–Trinajstić information content (AvgIpc) is 3.62. The van der Waals surface area contributed by atoms with Gasteiger partial charge in [-0.1, -0.05) is 0 Å². The predicted molar refractivity (Wildman–Crippen MR) is 141 cm³/mol. The molecule has 0 atom stereocenters. The molecule has 11 heteroatoms. The minimum atomic E-state index is -4.71. The van der Waals surface area contributed by atoms with Crippen molar-refractivity contribution in [3.8, 4) is 34.5 Å². The maximum atomic E-state index is 14.3. The fourth-order valence-corrected chi connectivity index (χ4v) is 5.32. The van der Waals surface area contributed by atoms with Crippen molar-refractivity contribution >= 4 is 11.4 Å². The first kappa shape index (κ1) is 26.4. The molecule has 0 aliphatic carbocycles. The monoisotopic (exact) mass is 539 g/mol. The van der Waals surface area contributed by atoms with Gasteiger partial charge in [0, 0.05) is 49.1 Å². The number of anilines is 2. The molecule has 0 radical (unpaired) electrons. The molecule has 1 saturated heterocycles. The molecule has 2 aromatic carbocycles. The van der Waals surface area contributed by atoms with Gasteiger partial charge in [0.25, 0.3) is 5.56 Å². The van der Waals surface area contributed by atoms with Crippen molar-refractivity contribution in [2.45, 2.75) is 31.9 Å². The van der Waals surface area contributed by atoms with Crippen LogP contribution in [0, 0.1) is 11.3 Å². The van der Waals surface area contributed by atoms with Gasteiger partial charge in [-0.2, -0.15) is 28.2 Å². The van der Waals surface area contributed by atoms with Crippen molar-refractivity contribution in [3.05, 3.63) is 57.9 Å². The van der Waals surface area contributed by atoms with E-state index < -0.39 is 17.3 Å². The van der Waals surface area contributed by atoms with Crippen molar-refractivity contribution in [1.82, 2.24) is 9.78 Å². The van der Waals surface area contributed by atoms with E-state index in [9.17, 15) is 18.0 Å². The number of benzene rings is 2. The van der Waals surface area contributed by atoms with E-state index in [0.29, 0.717) is 47.0 Å². The van der Waals surface area contributed by atoms with E-state index in [-0.39, 0.29) is 24.3 Å². The lowest BCUT2D eigenvalue weighted by atomic mass is 10.0. The summed E-state index contributed by atoms with van der Waals surface area (Å²) in [4.78, 5) is 17.7. The zero-order valence-corrected chi connectivity index (χ0v) is 21.7. The second kappa shape index (κ2) is 10.5. The third-order valence-corrected chi connectivity index (χ3v) is 7.22. The Kier molecular flexibility index (Phi) is 7.12. The molecule has 2 aliphatic heterocycles. The van der Waals surface area contributed by atoms with Crippen LogP contribution in [0.25, 0.3) is 16.9 Å². The second-order valence-electron chi connectivity index (χ2n) is 9.53. The number of methoxy groups -OCH3 is 2. The van der Waals surface area contributed by atoms with E-state index in [4.69, 9.17) is 14.7 Å². The highest BCUT2D eigenvalue weighted by Crippen LogP contribution is 2.39. The molecule has 39 heavy (non-hydrogen) atoms. The van der Waals surface area contributed by atoms with Crippen LogP contribution in [0.2, 0.25) is 0 Å². The zero-order chi connectivity index (χ0) is 27.7. The molecule has 0 amide bonds. The average molecular weight is 540 g/mol. The quantitative estimate of drug-likeness (QED) is 0.426. The number of hydrogen-bond acceptors (Lipinski definition) is 7. The molecule has 0 saturated carbocycles. The number of nitriles is 1. The van der Waals surface area contributed by atoms with Crippen molar-refractivity contribution in [2.24, 2.45) is 0 Å². The van der Waals surface area contributed by atoms with Gasteiger partial charge in [-0.05, 0) is 49.6 Å². The molecule has 8 nitrogen and oxygen atoms in total. The number of rotatable bonds is 7. The van der Waals surface area contributed by atoms with Crippen molar-refractivity contribution in [3.63, 3.8) is 0 Å². The third kappa shape index (κ3) is 4.99. The predicted octanol–water partition coefficient (Wildman–Crippen LogP) is 4.81. The number of aromatic nitrogens is 2. The summed E-state index contributed by atoms with van der Waals surface area (Å²) in [5.74, 6) is 0.952. The van der Waals surface area contributed by atoms with Crippen LogP contribution < -0.4 is 24.8 Å². The van der Waals surface area contributed by atoms with Gasteiger partial charge in [0.1, 0.15) is 17.2 Å². The van der Waals surface area contributed by atoms with Gasteiger partial charge in [-0.25, -0.2) is 0 Å². The Balaban J connectivity index is 1.80. The van der Waals surface area contributed by atoms with Gasteiger partial charge in [0.05, 0.1) is 43.7 Å². The van der Waals surface area contributed by atoms with Crippen LogP contribution in [-0.2, 0) is 12.6 Å². The maximum Gasteiger partial charge on any atom is 0.418 e. The lowest BCUT2D eigenvalue weighted by Gasteiger charge is -2.23. The van der Waals surface area contributed by atoms with Crippen LogP contribution in [0.4, 0.5) is 24.5 Å². The van der Waals surface area contributed by atoms with Crippen LogP contribution in [0.15, 0.2) is 41.2 Å². The summed E-state index contributed by atoms with van der Waals surface area (Å²) in [5, 5.41) is 13.7. The Hall–Kier alpha value is -4.20. The molecule has 0 bridgehead atoms. The van der Waals surface area contributed by atoms with E-state index >= 15 is 0 Å². The van der Waals surface area contributed by atoms with Gasteiger partial charge in [0.2, 0.25) is 0 Å². The van der Waals surface area contributed by atoms with Crippen molar-refractivity contribution in [1.29, 1.82) is 5.26 Å². The molecule has 0 unspecified atom stereocenters. The highest BCUT2D eigenvalue weighted by atomic mass is 19.4. The summed E-state index contributed by atoms with van der Waals surface area (Å²) in [6.07, 6.45) is -2.19. The smallest absolute Gasteiger partial charge is 0.418 e. The Bertz CT molecular complexity index is 1470. The first-order valence-corrected chi connectivity index (χ1v) is 12.7. The summed E-state index contributed by atoms with van der Waals surface area (Å²) in [5.41, 5.74) is 0.464. The number of ether oxygens (including phenoxy) is 2. The molecule has 3 heterocycles. The van der Waals surface area contributed by atoms with Gasteiger partial charge in [-0.15, -0.1) is 0 Å². The summed E-state index contributed by atoms with van der Waals surface area (Å²) in [6.45, 7) is 2.19. The van der Waals surface area contributed by atoms with Crippen LogP contribution in [-0.4, -0.2) is 50.2 Å². The van der Waals surface area contributed by atoms with E-state index in [1.807, 2.05) is 4.90 Å². The van der Waals surface area contributed by atoms with Crippen molar-refractivity contribution < 1.29 is 22.6 Å². The van der Waals surface area contributed by atoms with E-state index in [0.717, 1.165) is 36.7 Å². The molecule has 1 aromatic heterocycles. The summed E-state index contributed by atoms with van der Waals surface area (Å²) < 4.78 is 54.5.